The van der Waals surface area contributed by atoms with Crippen molar-refractivity contribution in [1.29, 1.82) is 0 Å². The molecule has 1 N–H and O–H groups in total. The summed E-state index contributed by atoms with van der Waals surface area (Å²) in [5.74, 6) is -0.528. The van der Waals surface area contributed by atoms with E-state index in [-0.39, 0.29) is 41.7 Å². The number of hydrogen-bond donors (Lipinski definition) is 1. The minimum absolute atomic E-state index is 0.0383. The Labute approximate surface area is 119 Å². The number of rotatable bonds is 8. The van der Waals surface area contributed by atoms with Gasteiger partial charge in [0.1, 0.15) is 0 Å². The van der Waals surface area contributed by atoms with E-state index in [2.05, 4.69) is 6.92 Å². The molecule has 1 rings (SSSR count). The smallest absolute Gasteiger partial charge is 0.227 e. The summed E-state index contributed by atoms with van der Waals surface area (Å²) < 4.78 is 10.2. The number of ketones is 2. The van der Waals surface area contributed by atoms with Gasteiger partial charge in [-0.1, -0.05) is 19.8 Å². The number of hydrogen-bond acceptors (Lipinski definition) is 5. The summed E-state index contributed by atoms with van der Waals surface area (Å²) in [4.78, 5) is 24.7. The molecule has 0 atom stereocenters. The van der Waals surface area contributed by atoms with Gasteiger partial charge in [-0.05, 0) is 12.8 Å². The van der Waals surface area contributed by atoms with Crippen molar-refractivity contribution in [3.8, 4) is 0 Å². The molecule has 5 nitrogen and oxygen atoms in total. The van der Waals surface area contributed by atoms with Gasteiger partial charge >= 0.3 is 0 Å². The topological polar surface area (TPSA) is 72.8 Å². The van der Waals surface area contributed by atoms with Gasteiger partial charge in [-0.25, -0.2) is 0 Å². The second-order valence-electron chi connectivity index (χ2n) is 4.61. The molecule has 0 aliphatic heterocycles. The molecule has 0 heterocycles. The summed E-state index contributed by atoms with van der Waals surface area (Å²) in [6, 6.07) is 0. The molecule has 0 spiro atoms. The Hall–Kier alpha value is -1.62. The first kappa shape index (κ1) is 16.4. The van der Waals surface area contributed by atoms with Crippen molar-refractivity contribution < 1.29 is 24.2 Å². The number of allylic oxidation sites excluding steroid dienone is 2. The van der Waals surface area contributed by atoms with Crippen LogP contribution in [0.1, 0.15) is 39.0 Å². The second kappa shape index (κ2) is 7.85. The lowest BCUT2D eigenvalue weighted by molar-refractivity contribution is -0.121. The third-order valence-electron chi connectivity index (χ3n) is 3.31. The van der Waals surface area contributed by atoms with Crippen molar-refractivity contribution >= 4 is 11.6 Å². The van der Waals surface area contributed by atoms with Crippen molar-refractivity contribution in [1.82, 2.24) is 0 Å². The van der Waals surface area contributed by atoms with Crippen LogP contribution in [-0.2, 0) is 19.1 Å². The highest BCUT2D eigenvalue weighted by Crippen LogP contribution is 2.30. The average molecular weight is 282 g/mol. The molecule has 1 aliphatic rings. The molecule has 112 valence electrons. The summed E-state index contributed by atoms with van der Waals surface area (Å²) >= 11 is 0. The number of Topliss-reactive ketones (excluding diaryl/α,β-unsaturated/α-hetero) is 2. The summed E-state index contributed by atoms with van der Waals surface area (Å²) in [5, 5.41) is 9.02. The van der Waals surface area contributed by atoms with E-state index in [9.17, 15) is 9.59 Å². The predicted molar refractivity (Wildman–Crippen MR) is 73.9 cm³/mol. The molecule has 0 saturated heterocycles. The highest BCUT2D eigenvalue weighted by Gasteiger charge is 2.35. The van der Waals surface area contributed by atoms with E-state index in [0.717, 1.165) is 19.3 Å². The van der Waals surface area contributed by atoms with Gasteiger partial charge in [-0.3, -0.25) is 9.59 Å². The Bertz CT molecular complexity index is 445. The molecule has 0 fully saturated rings. The van der Waals surface area contributed by atoms with E-state index in [1.165, 1.54) is 14.2 Å². The number of carbonyl (C=O) groups is 2. The van der Waals surface area contributed by atoms with Crippen LogP contribution >= 0.6 is 0 Å². The summed E-state index contributed by atoms with van der Waals surface area (Å²) in [6.45, 7) is 1.85. The molecule has 0 aromatic carbocycles. The molecule has 0 aromatic heterocycles. The Morgan fingerprint density at radius 1 is 0.900 bits per heavy atom. The first-order valence-electron chi connectivity index (χ1n) is 6.86. The number of methoxy groups -OCH3 is 2. The summed E-state index contributed by atoms with van der Waals surface area (Å²) in [7, 11) is 2.74. The second-order valence-corrected chi connectivity index (χ2v) is 4.61. The van der Waals surface area contributed by atoms with E-state index in [1.807, 2.05) is 0 Å². The lowest BCUT2D eigenvalue weighted by Crippen LogP contribution is -2.26. The van der Waals surface area contributed by atoms with Gasteiger partial charge in [0.15, 0.2) is 11.5 Å². The Morgan fingerprint density at radius 2 is 1.40 bits per heavy atom. The molecular weight excluding hydrogens is 260 g/mol. The fourth-order valence-corrected chi connectivity index (χ4v) is 2.30. The molecule has 0 radical (unpaired) electrons. The van der Waals surface area contributed by atoms with Crippen molar-refractivity contribution in [3.05, 3.63) is 22.7 Å². The van der Waals surface area contributed by atoms with Crippen LogP contribution in [0.15, 0.2) is 22.7 Å². The maximum absolute atomic E-state index is 12.4. The molecule has 0 saturated carbocycles. The standard InChI is InChI=1S/C15H22O5/c1-4-5-6-7-10-12(17)15(20-3)11(8-9-16)13(18)14(10)19-2/h16H,4-9H2,1-3H3. The average Bonchev–Trinajstić information content (AvgIpc) is 2.44. The van der Waals surface area contributed by atoms with Crippen molar-refractivity contribution in [2.45, 2.75) is 39.0 Å². The highest BCUT2D eigenvalue weighted by atomic mass is 16.5. The van der Waals surface area contributed by atoms with E-state index in [0.29, 0.717) is 12.0 Å². The number of ether oxygens (including phenoxy) is 2. The number of unbranched alkanes of at least 4 members (excludes halogenated alkanes) is 2. The van der Waals surface area contributed by atoms with Crippen LogP contribution in [0.4, 0.5) is 0 Å². The first-order valence-corrected chi connectivity index (χ1v) is 6.86. The molecule has 5 heteroatoms. The monoisotopic (exact) mass is 282 g/mol. The zero-order chi connectivity index (χ0) is 15.1. The molecule has 0 amide bonds. The first-order chi connectivity index (χ1) is 9.62. The molecule has 0 bridgehead atoms. The minimum Gasteiger partial charge on any atom is -0.492 e. The minimum atomic E-state index is -0.357. The van der Waals surface area contributed by atoms with Gasteiger partial charge in [-0.15, -0.1) is 0 Å². The molecule has 20 heavy (non-hydrogen) atoms. The van der Waals surface area contributed by atoms with Gasteiger partial charge in [0.25, 0.3) is 0 Å². The lowest BCUT2D eigenvalue weighted by Gasteiger charge is -2.21. The SMILES string of the molecule is CCCCCC1=C(OC)C(=O)C(CCO)=C(OC)C1=O. The molecule has 1 aliphatic carbocycles. The predicted octanol–water partition coefficient (Wildman–Crippen LogP) is 1.90. The van der Waals surface area contributed by atoms with Crippen LogP contribution in [0.2, 0.25) is 0 Å². The molecular formula is C15H22O5. The maximum Gasteiger partial charge on any atom is 0.227 e. The van der Waals surface area contributed by atoms with Gasteiger partial charge in [0, 0.05) is 18.6 Å². The van der Waals surface area contributed by atoms with E-state index >= 15 is 0 Å². The fourth-order valence-electron chi connectivity index (χ4n) is 2.30. The lowest BCUT2D eigenvalue weighted by atomic mass is 9.89. The van der Waals surface area contributed by atoms with Crippen molar-refractivity contribution in [2.24, 2.45) is 0 Å². The van der Waals surface area contributed by atoms with Gasteiger partial charge in [0.05, 0.1) is 19.8 Å². The molecule has 0 unspecified atom stereocenters. The summed E-state index contributed by atoms with van der Waals surface area (Å²) in [5.41, 5.74) is 0.570. The number of aliphatic hydroxyl groups is 1. The third kappa shape index (κ3) is 3.28. The maximum atomic E-state index is 12.4. The normalized spacial score (nSPS) is 16.0. The Balaban J connectivity index is 3.12. The van der Waals surface area contributed by atoms with Gasteiger partial charge in [0.2, 0.25) is 11.6 Å². The summed E-state index contributed by atoms with van der Waals surface area (Å²) in [6.07, 6.45) is 3.42. The van der Waals surface area contributed by atoms with Crippen molar-refractivity contribution in [3.63, 3.8) is 0 Å². The quantitative estimate of drug-likeness (QED) is 0.544. The number of carbonyl (C=O) groups excluding carboxylic acids is 2. The van der Waals surface area contributed by atoms with E-state index in [4.69, 9.17) is 14.6 Å². The fraction of sp³-hybridized carbons (Fsp3) is 0.600. The van der Waals surface area contributed by atoms with Crippen LogP contribution in [-0.4, -0.2) is 37.5 Å². The van der Waals surface area contributed by atoms with E-state index in [1.54, 1.807) is 0 Å². The number of aliphatic hydroxyl groups excluding tert-OH is 1. The van der Waals surface area contributed by atoms with Gasteiger partial charge < -0.3 is 14.6 Å². The van der Waals surface area contributed by atoms with Crippen LogP contribution in [0, 0.1) is 0 Å². The largest absolute Gasteiger partial charge is 0.492 e. The zero-order valence-corrected chi connectivity index (χ0v) is 12.3. The Morgan fingerprint density at radius 3 is 1.80 bits per heavy atom. The molecule has 0 aromatic rings. The van der Waals surface area contributed by atoms with Gasteiger partial charge in [-0.2, -0.15) is 0 Å². The van der Waals surface area contributed by atoms with Crippen LogP contribution in [0.25, 0.3) is 0 Å². The van der Waals surface area contributed by atoms with Crippen molar-refractivity contribution in [2.75, 3.05) is 20.8 Å². The zero-order valence-electron chi connectivity index (χ0n) is 12.3. The van der Waals surface area contributed by atoms with Crippen LogP contribution in [0.5, 0.6) is 0 Å². The Kier molecular flexibility index (Phi) is 6.45. The van der Waals surface area contributed by atoms with E-state index < -0.39 is 0 Å². The van der Waals surface area contributed by atoms with Crippen LogP contribution < -0.4 is 0 Å². The third-order valence-corrected chi connectivity index (χ3v) is 3.31. The highest BCUT2D eigenvalue weighted by molar-refractivity contribution is 6.23. The van der Waals surface area contributed by atoms with Crippen LogP contribution in [0.3, 0.4) is 0 Å².